The average molecular weight is 421 g/mol. The maximum absolute atomic E-state index is 6.13. The van der Waals surface area contributed by atoms with E-state index in [1.807, 2.05) is 60.7 Å². The maximum atomic E-state index is 6.13. The van der Waals surface area contributed by atoms with Gasteiger partial charge in [0.05, 0.1) is 0 Å². The summed E-state index contributed by atoms with van der Waals surface area (Å²) in [7, 11) is 0. The summed E-state index contributed by atoms with van der Waals surface area (Å²) in [5, 5.41) is 0. The molecule has 0 saturated carbocycles. The van der Waals surface area contributed by atoms with Gasteiger partial charge in [-0.05, 0) is 77.1 Å². The van der Waals surface area contributed by atoms with Crippen LogP contribution in [0.2, 0.25) is 0 Å². The second-order valence-electron chi connectivity index (χ2n) is 9.45. The van der Waals surface area contributed by atoms with Crippen molar-refractivity contribution in [2.45, 2.75) is 38.0 Å². The molecule has 0 radical (unpaired) electrons. The maximum Gasteiger partial charge on any atom is 0.127 e. The first kappa shape index (κ1) is 20.4. The lowest BCUT2D eigenvalue weighted by Gasteiger charge is -2.28. The molecule has 32 heavy (non-hydrogen) atoms. The molecule has 0 spiro atoms. The van der Waals surface area contributed by atoms with Gasteiger partial charge in [-0.25, -0.2) is 0 Å². The zero-order valence-electron chi connectivity index (χ0n) is 18.8. The topological polar surface area (TPSA) is 18.5 Å². The van der Waals surface area contributed by atoms with Gasteiger partial charge in [0.15, 0.2) is 0 Å². The Morgan fingerprint density at radius 1 is 0.531 bits per heavy atom. The SMILES string of the molecule is CC1(C)CC(C)(c2ccc(Oc3ccccc3)cc2)c2ccc(Oc3ccccc3)cc21. The highest BCUT2D eigenvalue weighted by atomic mass is 16.5. The Bertz CT molecular complexity index is 1210. The van der Waals surface area contributed by atoms with Crippen molar-refractivity contribution in [2.75, 3.05) is 0 Å². The van der Waals surface area contributed by atoms with E-state index in [4.69, 9.17) is 9.47 Å². The zero-order valence-corrected chi connectivity index (χ0v) is 18.8. The van der Waals surface area contributed by atoms with E-state index in [1.165, 1.54) is 16.7 Å². The third-order valence-corrected chi connectivity index (χ3v) is 6.56. The van der Waals surface area contributed by atoms with Crippen LogP contribution >= 0.6 is 0 Å². The molecule has 5 rings (SSSR count). The van der Waals surface area contributed by atoms with Gasteiger partial charge in [0, 0.05) is 5.41 Å². The Hall–Kier alpha value is -3.52. The first-order chi connectivity index (χ1) is 15.4. The van der Waals surface area contributed by atoms with E-state index in [-0.39, 0.29) is 10.8 Å². The molecule has 2 heteroatoms. The number of hydrogen-bond donors (Lipinski definition) is 0. The fraction of sp³-hybridized carbons (Fsp3) is 0.200. The van der Waals surface area contributed by atoms with Crippen molar-refractivity contribution in [2.24, 2.45) is 0 Å². The minimum absolute atomic E-state index is 0.0549. The lowest BCUT2D eigenvalue weighted by Crippen LogP contribution is -2.23. The monoisotopic (exact) mass is 420 g/mol. The van der Waals surface area contributed by atoms with E-state index < -0.39 is 0 Å². The molecule has 2 nitrogen and oxygen atoms in total. The van der Waals surface area contributed by atoms with E-state index in [0.29, 0.717) is 0 Å². The first-order valence-electron chi connectivity index (χ1n) is 11.2. The molecule has 0 fully saturated rings. The molecule has 0 aromatic heterocycles. The first-order valence-corrected chi connectivity index (χ1v) is 11.2. The Morgan fingerprint density at radius 2 is 1.03 bits per heavy atom. The van der Waals surface area contributed by atoms with Gasteiger partial charge in [-0.1, -0.05) is 75.4 Å². The van der Waals surface area contributed by atoms with Gasteiger partial charge < -0.3 is 9.47 Å². The number of hydrogen-bond acceptors (Lipinski definition) is 2. The second-order valence-corrected chi connectivity index (χ2v) is 9.45. The number of benzene rings is 4. The van der Waals surface area contributed by atoms with Gasteiger partial charge in [-0.15, -0.1) is 0 Å². The van der Waals surface area contributed by atoms with E-state index >= 15 is 0 Å². The highest BCUT2D eigenvalue weighted by molar-refractivity contribution is 5.55. The molecule has 0 heterocycles. The van der Waals surface area contributed by atoms with Crippen LogP contribution in [0.15, 0.2) is 103 Å². The molecule has 4 aromatic carbocycles. The molecule has 1 aliphatic carbocycles. The second kappa shape index (κ2) is 7.87. The van der Waals surface area contributed by atoms with Crippen LogP contribution in [0.25, 0.3) is 0 Å². The van der Waals surface area contributed by atoms with Crippen LogP contribution < -0.4 is 9.47 Å². The van der Waals surface area contributed by atoms with E-state index in [1.54, 1.807) is 0 Å². The largest absolute Gasteiger partial charge is 0.457 e. The summed E-state index contributed by atoms with van der Waals surface area (Å²) in [6.45, 7) is 7.01. The standard InChI is InChI=1S/C30H28O2/c1-29(2)21-30(3,22-14-16-25(17-15-22)31-23-10-6-4-7-11-23)27-19-18-26(20-28(27)29)32-24-12-8-5-9-13-24/h4-20H,21H2,1-3H3. The van der Waals surface area contributed by atoms with Crippen LogP contribution in [0.3, 0.4) is 0 Å². The number of fused-ring (bicyclic) bond motifs is 1. The summed E-state index contributed by atoms with van der Waals surface area (Å²) in [6.07, 6.45) is 1.04. The van der Waals surface area contributed by atoms with Crippen molar-refractivity contribution in [3.8, 4) is 23.0 Å². The highest BCUT2D eigenvalue weighted by Gasteiger charge is 2.45. The molecular formula is C30H28O2. The summed E-state index contributed by atoms with van der Waals surface area (Å²) < 4.78 is 12.1. The Labute approximate surface area is 190 Å². The summed E-state index contributed by atoms with van der Waals surface area (Å²) >= 11 is 0. The molecule has 1 unspecified atom stereocenters. The normalized spacial score (nSPS) is 18.7. The van der Waals surface area contributed by atoms with Gasteiger partial charge >= 0.3 is 0 Å². The van der Waals surface area contributed by atoms with Crippen LogP contribution in [-0.4, -0.2) is 0 Å². The van der Waals surface area contributed by atoms with Crippen LogP contribution in [0.1, 0.15) is 43.9 Å². The van der Waals surface area contributed by atoms with Gasteiger partial charge in [-0.3, -0.25) is 0 Å². The lowest BCUT2D eigenvalue weighted by atomic mass is 9.75. The predicted octanol–water partition coefficient (Wildman–Crippen LogP) is 8.26. The Balaban J connectivity index is 1.44. The van der Waals surface area contributed by atoms with Crippen molar-refractivity contribution in [1.29, 1.82) is 0 Å². The summed E-state index contributed by atoms with van der Waals surface area (Å²) in [4.78, 5) is 0. The van der Waals surface area contributed by atoms with Crippen LogP contribution in [0.5, 0.6) is 23.0 Å². The molecule has 0 amide bonds. The van der Waals surface area contributed by atoms with Crippen LogP contribution in [-0.2, 0) is 10.8 Å². The van der Waals surface area contributed by atoms with Crippen molar-refractivity contribution in [3.05, 3.63) is 120 Å². The van der Waals surface area contributed by atoms with Crippen molar-refractivity contribution >= 4 is 0 Å². The third-order valence-electron chi connectivity index (χ3n) is 6.56. The minimum atomic E-state index is -0.0601. The van der Waals surface area contributed by atoms with Crippen molar-refractivity contribution in [3.63, 3.8) is 0 Å². The molecule has 0 N–H and O–H groups in total. The molecular weight excluding hydrogens is 392 g/mol. The molecule has 4 aromatic rings. The number of para-hydroxylation sites is 2. The van der Waals surface area contributed by atoms with E-state index in [0.717, 1.165) is 29.4 Å². The van der Waals surface area contributed by atoms with Gasteiger partial charge in [0.25, 0.3) is 0 Å². The number of rotatable bonds is 5. The quantitative estimate of drug-likeness (QED) is 0.323. The van der Waals surface area contributed by atoms with E-state index in [9.17, 15) is 0 Å². The van der Waals surface area contributed by atoms with Gasteiger partial charge in [0.1, 0.15) is 23.0 Å². The van der Waals surface area contributed by atoms with Crippen molar-refractivity contribution in [1.82, 2.24) is 0 Å². The average Bonchev–Trinajstić information content (AvgIpc) is 3.01. The lowest BCUT2D eigenvalue weighted by molar-refractivity contribution is 0.423. The Morgan fingerprint density at radius 3 is 1.62 bits per heavy atom. The minimum Gasteiger partial charge on any atom is -0.457 e. The molecule has 0 bridgehead atoms. The molecule has 0 saturated heterocycles. The molecule has 160 valence electrons. The molecule has 1 aliphatic rings. The Kier molecular flexibility index (Phi) is 5.01. The zero-order chi connectivity index (χ0) is 22.2. The summed E-state index contributed by atoms with van der Waals surface area (Å²) in [6, 6.07) is 35.0. The predicted molar refractivity (Wildman–Crippen MR) is 130 cm³/mol. The summed E-state index contributed by atoms with van der Waals surface area (Å²) in [5.74, 6) is 3.45. The van der Waals surface area contributed by atoms with E-state index in [2.05, 4.69) is 63.2 Å². The van der Waals surface area contributed by atoms with Crippen LogP contribution in [0.4, 0.5) is 0 Å². The number of ether oxygens (including phenoxy) is 2. The van der Waals surface area contributed by atoms with Crippen molar-refractivity contribution < 1.29 is 9.47 Å². The fourth-order valence-corrected chi connectivity index (χ4v) is 5.10. The highest BCUT2D eigenvalue weighted by Crippen LogP contribution is 2.53. The molecule has 0 aliphatic heterocycles. The summed E-state index contributed by atoms with van der Waals surface area (Å²) in [5.41, 5.74) is 4.04. The molecule has 1 atom stereocenters. The van der Waals surface area contributed by atoms with Crippen LogP contribution in [0, 0.1) is 0 Å². The van der Waals surface area contributed by atoms with Gasteiger partial charge in [-0.2, -0.15) is 0 Å². The third kappa shape index (κ3) is 3.78. The van der Waals surface area contributed by atoms with Gasteiger partial charge in [0.2, 0.25) is 0 Å². The smallest absolute Gasteiger partial charge is 0.127 e. The fourth-order valence-electron chi connectivity index (χ4n) is 5.10.